The molecule has 0 spiro atoms. The molecule has 2 N–H and O–H groups in total. The van der Waals surface area contributed by atoms with Crippen molar-refractivity contribution in [3.8, 4) is 11.8 Å². The topological polar surface area (TPSA) is 144 Å². The molecule has 0 aromatic carbocycles. The lowest BCUT2D eigenvalue weighted by atomic mass is 10.5. The molecule has 112 valence electrons. The molecule has 22 heavy (non-hydrogen) atoms. The Labute approximate surface area is 121 Å². The van der Waals surface area contributed by atoms with E-state index in [1.54, 1.807) is 0 Å². The van der Waals surface area contributed by atoms with Crippen LogP contribution >= 0.6 is 0 Å². The molecule has 10 nitrogen and oxygen atoms in total. The summed E-state index contributed by atoms with van der Waals surface area (Å²) in [4.78, 5) is 56.8. The molecule has 0 bridgehead atoms. The summed E-state index contributed by atoms with van der Waals surface area (Å²) < 4.78 is 9.20. The van der Waals surface area contributed by atoms with Crippen LogP contribution in [0.15, 0.2) is 46.5 Å². The number of rotatable bonds is 4. The highest BCUT2D eigenvalue weighted by atomic mass is 16.5. The molecule has 10 heteroatoms. The summed E-state index contributed by atoms with van der Waals surface area (Å²) in [7, 11) is 0. The minimum absolute atomic E-state index is 0.466. The lowest BCUT2D eigenvalue weighted by Crippen LogP contribution is -2.18. The molecule has 0 aliphatic carbocycles. The summed E-state index contributed by atoms with van der Waals surface area (Å²) in [6.07, 6.45) is 6.39. The van der Waals surface area contributed by atoms with E-state index in [2.05, 4.69) is 29.4 Å². The van der Waals surface area contributed by atoms with Gasteiger partial charge in [0.05, 0.1) is 0 Å². The predicted molar refractivity (Wildman–Crippen MR) is 70.1 cm³/mol. The molecule has 2 heterocycles. The number of carbonyl (C=O) groups is 2. The first kappa shape index (κ1) is 14.8. The molecule has 2 aromatic rings. The maximum absolute atomic E-state index is 11.4. The van der Waals surface area contributed by atoms with Crippen molar-refractivity contribution in [1.82, 2.24) is 19.9 Å². The quantitative estimate of drug-likeness (QED) is 0.536. The Morgan fingerprint density at radius 2 is 1.27 bits per heavy atom. The van der Waals surface area contributed by atoms with Gasteiger partial charge in [0.15, 0.2) is 0 Å². The standard InChI is InChI=1S/C12H8N4O6/c17-7(21-11-9(19)13-3-5-15-11)1-2-8(18)22-12-10(20)14-4-6-16-12/h1-6H,(H,13,19)(H,14,20)/b2-1+. The van der Waals surface area contributed by atoms with Gasteiger partial charge in [-0.1, -0.05) is 0 Å². The van der Waals surface area contributed by atoms with Gasteiger partial charge in [0.2, 0.25) is 0 Å². The van der Waals surface area contributed by atoms with Crippen LogP contribution in [0.2, 0.25) is 0 Å². The lowest BCUT2D eigenvalue weighted by Gasteiger charge is -1.98. The van der Waals surface area contributed by atoms with Crippen molar-refractivity contribution in [1.29, 1.82) is 0 Å². The van der Waals surface area contributed by atoms with E-state index in [0.29, 0.717) is 12.2 Å². The zero-order valence-electron chi connectivity index (χ0n) is 10.8. The number of hydrogen-bond acceptors (Lipinski definition) is 8. The minimum atomic E-state index is -1.02. The second-order valence-corrected chi connectivity index (χ2v) is 3.62. The first-order valence-corrected chi connectivity index (χ1v) is 5.75. The monoisotopic (exact) mass is 304 g/mol. The Kier molecular flexibility index (Phi) is 4.55. The molecular formula is C12H8N4O6. The van der Waals surface area contributed by atoms with Crippen LogP contribution in [0.5, 0.6) is 11.8 Å². The van der Waals surface area contributed by atoms with Gasteiger partial charge < -0.3 is 19.4 Å². The molecule has 0 fully saturated rings. The summed E-state index contributed by atoms with van der Waals surface area (Å²) >= 11 is 0. The number of esters is 2. The molecule has 0 atom stereocenters. The van der Waals surface area contributed by atoms with Crippen molar-refractivity contribution < 1.29 is 19.1 Å². The summed E-state index contributed by atoms with van der Waals surface area (Å²) in [6, 6.07) is 0. The minimum Gasteiger partial charge on any atom is -0.398 e. The van der Waals surface area contributed by atoms with Crippen LogP contribution < -0.4 is 20.6 Å². The Bertz CT molecular complexity index is 768. The molecule has 2 aromatic heterocycles. The van der Waals surface area contributed by atoms with Crippen LogP contribution in [-0.4, -0.2) is 31.9 Å². The number of aromatic nitrogens is 4. The van der Waals surface area contributed by atoms with Crippen molar-refractivity contribution in [2.45, 2.75) is 0 Å². The van der Waals surface area contributed by atoms with Crippen molar-refractivity contribution in [2.75, 3.05) is 0 Å². The number of carbonyl (C=O) groups excluding carboxylic acids is 2. The van der Waals surface area contributed by atoms with Crippen molar-refractivity contribution in [3.63, 3.8) is 0 Å². The van der Waals surface area contributed by atoms with Crippen molar-refractivity contribution in [2.24, 2.45) is 0 Å². The molecule has 0 unspecified atom stereocenters. The Balaban J connectivity index is 1.97. The molecule has 0 aliphatic rings. The summed E-state index contributed by atoms with van der Waals surface area (Å²) in [5, 5.41) is 0. The SMILES string of the molecule is O=C(/C=C/C(=O)Oc1ncc[nH]c1=O)Oc1ncc[nH]c1=O. The second-order valence-electron chi connectivity index (χ2n) is 3.62. The van der Waals surface area contributed by atoms with E-state index in [4.69, 9.17) is 0 Å². The van der Waals surface area contributed by atoms with E-state index in [1.165, 1.54) is 24.8 Å². The molecule has 0 saturated heterocycles. The second kappa shape index (κ2) is 6.74. The fourth-order valence-corrected chi connectivity index (χ4v) is 1.22. The highest BCUT2D eigenvalue weighted by molar-refractivity contribution is 5.93. The van der Waals surface area contributed by atoms with E-state index in [0.717, 1.165) is 0 Å². The number of nitrogens with zero attached hydrogens (tertiary/aromatic N) is 2. The van der Waals surface area contributed by atoms with Gasteiger partial charge >= 0.3 is 23.1 Å². The van der Waals surface area contributed by atoms with E-state index in [-0.39, 0.29) is 0 Å². The first-order valence-electron chi connectivity index (χ1n) is 5.75. The van der Waals surface area contributed by atoms with Crippen LogP contribution in [0.25, 0.3) is 0 Å². The third-order valence-electron chi connectivity index (χ3n) is 2.10. The maximum Gasteiger partial charge on any atom is 0.337 e. The average Bonchev–Trinajstić information content (AvgIpc) is 2.50. The third kappa shape index (κ3) is 3.96. The smallest absolute Gasteiger partial charge is 0.337 e. The van der Waals surface area contributed by atoms with Gasteiger partial charge in [-0.15, -0.1) is 0 Å². The maximum atomic E-state index is 11.4. The van der Waals surface area contributed by atoms with Gasteiger partial charge in [0.1, 0.15) is 0 Å². The van der Waals surface area contributed by atoms with Crippen LogP contribution in [0.1, 0.15) is 0 Å². The van der Waals surface area contributed by atoms with Gasteiger partial charge in [-0.25, -0.2) is 19.6 Å². The fourth-order valence-electron chi connectivity index (χ4n) is 1.22. The highest BCUT2D eigenvalue weighted by Crippen LogP contribution is 1.97. The Morgan fingerprint density at radius 1 is 0.864 bits per heavy atom. The van der Waals surface area contributed by atoms with Gasteiger partial charge in [0.25, 0.3) is 11.8 Å². The summed E-state index contributed by atoms with van der Waals surface area (Å²) in [5.74, 6) is -2.97. The molecule has 0 amide bonds. The van der Waals surface area contributed by atoms with E-state index < -0.39 is 34.8 Å². The average molecular weight is 304 g/mol. The number of H-pyrrole nitrogens is 2. The summed E-state index contributed by atoms with van der Waals surface area (Å²) in [6.45, 7) is 0. The van der Waals surface area contributed by atoms with Crippen LogP contribution in [-0.2, 0) is 9.59 Å². The van der Waals surface area contributed by atoms with Gasteiger partial charge in [-0.3, -0.25) is 9.59 Å². The van der Waals surface area contributed by atoms with Gasteiger partial charge in [-0.05, 0) is 0 Å². The van der Waals surface area contributed by atoms with E-state index in [1.807, 2.05) is 0 Å². The zero-order chi connectivity index (χ0) is 15.9. The zero-order valence-corrected chi connectivity index (χ0v) is 10.8. The number of aromatic amines is 2. The van der Waals surface area contributed by atoms with Crippen LogP contribution in [0.4, 0.5) is 0 Å². The van der Waals surface area contributed by atoms with Gasteiger partial charge in [-0.2, -0.15) is 0 Å². The number of nitrogens with one attached hydrogen (secondary N) is 2. The molecule has 0 aliphatic heterocycles. The Hall–Kier alpha value is -3.56. The lowest BCUT2D eigenvalue weighted by molar-refractivity contribution is -0.131. The van der Waals surface area contributed by atoms with Crippen molar-refractivity contribution >= 4 is 11.9 Å². The first-order chi connectivity index (χ1) is 10.6. The van der Waals surface area contributed by atoms with Gasteiger partial charge in [0, 0.05) is 36.9 Å². The Morgan fingerprint density at radius 3 is 1.64 bits per heavy atom. The molecule has 2 rings (SSSR count). The fraction of sp³-hybridized carbons (Fsp3) is 0. The van der Waals surface area contributed by atoms with Crippen LogP contribution in [0, 0.1) is 0 Å². The molecule has 0 radical (unpaired) electrons. The number of hydrogen-bond donors (Lipinski definition) is 2. The highest BCUT2D eigenvalue weighted by Gasteiger charge is 2.09. The van der Waals surface area contributed by atoms with E-state index >= 15 is 0 Å². The largest absolute Gasteiger partial charge is 0.398 e. The molecular weight excluding hydrogens is 296 g/mol. The molecule has 0 saturated carbocycles. The predicted octanol–water partition coefficient (Wildman–Crippen LogP) is -1.08. The number of ether oxygens (including phenoxy) is 2. The van der Waals surface area contributed by atoms with Crippen molar-refractivity contribution in [3.05, 3.63) is 57.6 Å². The summed E-state index contributed by atoms with van der Waals surface area (Å²) in [5.41, 5.74) is -1.40. The normalized spacial score (nSPS) is 10.4. The third-order valence-corrected chi connectivity index (χ3v) is 2.10. The van der Waals surface area contributed by atoms with Crippen LogP contribution in [0.3, 0.4) is 0 Å². The van der Waals surface area contributed by atoms with E-state index in [9.17, 15) is 19.2 Å².